The molecule has 5 nitrogen and oxygen atoms in total. The van der Waals surface area contributed by atoms with Crippen LogP contribution in [-0.4, -0.2) is 14.8 Å². The molecule has 0 bridgehead atoms. The number of anilines is 1. The van der Waals surface area contributed by atoms with Gasteiger partial charge in [0.15, 0.2) is 5.82 Å². The number of alkyl halides is 3. The van der Waals surface area contributed by atoms with E-state index in [1.807, 2.05) is 0 Å². The van der Waals surface area contributed by atoms with E-state index < -0.39 is 11.7 Å². The summed E-state index contributed by atoms with van der Waals surface area (Å²) < 4.78 is 45.0. The Morgan fingerprint density at radius 1 is 1.37 bits per heavy atom. The minimum Gasteiger partial charge on any atom is -0.485 e. The standard InChI is InChI=1S/C11H11F3N4O/c1-18-10(16-6-17-18)5-19-9-3-2-7(15)4-8(9)11(12,13)14/h2-4,6H,5,15H2,1H3. The molecule has 0 saturated heterocycles. The Labute approximate surface area is 106 Å². The highest BCUT2D eigenvalue weighted by atomic mass is 19.4. The molecule has 1 heterocycles. The molecule has 102 valence electrons. The predicted octanol–water partition coefficient (Wildman–Crippen LogP) is 2.00. The first-order valence-corrected chi connectivity index (χ1v) is 5.30. The number of aryl methyl sites for hydroxylation is 1. The monoisotopic (exact) mass is 272 g/mol. The second kappa shape index (κ2) is 4.79. The number of benzene rings is 1. The van der Waals surface area contributed by atoms with Crippen molar-refractivity contribution in [2.75, 3.05) is 5.73 Å². The molecule has 2 rings (SSSR count). The summed E-state index contributed by atoms with van der Waals surface area (Å²) in [5.74, 6) is 0.134. The molecule has 0 atom stereocenters. The van der Waals surface area contributed by atoms with Gasteiger partial charge in [-0.05, 0) is 18.2 Å². The molecule has 0 unspecified atom stereocenters. The molecule has 0 radical (unpaired) electrons. The Kier molecular flexibility index (Phi) is 3.32. The molecule has 1 aromatic carbocycles. The smallest absolute Gasteiger partial charge is 0.420 e. The van der Waals surface area contributed by atoms with E-state index in [0.29, 0.717) is 5.82 Å². The van der Waals surface area contributed by atoms with Gasteiger partial charge in [-0.3, -0.25) is 4.68 Å². The largest absolute Gasteiger partial charge is 0.485 e. The number of rotatable bonds is 3. The molecular formula is C11H11F3N4O. The zero-order chi connectivity index (χ0) is 14.0. The topological polar surface area (TPSA) is 66.0 Å². The van der Waals surface area contributed by atoms with Crippen molar-refractivity contribution in [3.8, 4) is 5.75 Å². The predicted molar refractivity (Wildman–Crippen MR) is 61.2 cm³/mol. The van der Waals surface area contributed by atoms with Crippen molar-refractivity contribution in [1.29, 1.82) is 0 Å². The molecule has 2 N–H and O–H groups in total. The van der Waals surface area contributed by atoms with E-state index in [1.165, 1.54) is 23.1 Å². The van der Waals surface area contributed by atoms with E-state index in [-0.39, 0.29) is 18.0 Å². The zero-order valence-electron chi connectivity index (χ0n) is 9.98. The van der Waals surface area contributed by atoms with Crippen molar-refractivity contribution >= 4 is 5.69 Å². The Bertz CT molecular complexity index is 580. The lowest BCUT2D eigenvalue weighted by atomic mass is 10.1. The van der Waals surface area contributed by atoms with Crippen LogP contribution in [0.5, 0.6) is 5.75 Å². The fourth-order valence-electron chi connectivity index (χ4n) is 1.49. The zero-order valence-corrected chi connectivity index (χ0v) is 9.98. The van der Waals surface area contributed by atoms with Crippen LogP contribution in [-0.2, 0) is 19.8 Å². The van der Waals surface area contributed by atoms with Crippen LogP contribution in [0.3, 0.4) is 0 Å². The highest BCUT2D eigenvalue weighted by molar-refractivity contribution is 5.49. The second-order valence-electron chi connectivity index (χ2n) is 3.84. The van der Waals surface area contributed by atoms with Crippen LogP contribution >= 0.6 is 0 Å². The summed E-state index contributed by atoms with van der Waals surface area (Å²) in [5, 5.41) is 3.80. The number of halogens is 3. The maximum Gasteiger partial charge on any atom is 0.420 e. The van der Waals surface area contributed by atoms with Gasteiger partial charge in [-0.25, -0.2) is 4.98 Å². The first-order valence-electron chi connectivity index (χ1n) is 5.30. The first kappa shape index (κ1) is 13.2. The fraction of sp³-hybridized carbons (Fsp3) is 0.273. The molecule has 0 aliphatic carbocycles. The maximum atomic E-state index is 12.8. The van der Waals surface area contributed by atoms with E-state index in [9.17, 15) is 13.2 Å². The summed E-state index contributed by atoms with van der Waals surface area (Å²) in [7, 11) is 1.62. The molecular weight excluding hydrogens is 261 g/mol. The van der Waals surface area contributed by atoms with Crippen LogP contribution in [0, 0.1) is 0 Å². The van der Waals surface area contributed by atoms with Crippen LogP contribution in [0.2, 0.25) is 0 Å². The van der Waals surface area contributed by atoms with Gasteiger partial charge in [-0.1, -0.05) is 0 Å². The van der Waals surface area contributed by atoms with Gasteiger partial charge in [0, 0.05) is 12.7 Å². The third-order valence-electron chi connectivity index (χ3n) is 2.47. The van der Waals surface area contributed by atoms with Crippen molar-refractivity contribution in [3.63, 3.8) is 0 Å². The van der Waals surface area contributed by atoms with Gasteiger partial charge in [0.05, 0.1) is 5.56 Å². The number of nitrogen functional groups attached to an aromatic ring is 1. The van der Waals surface area contributed by atoms with Crippen LogP contribution in [0.1, 0.15) is 11.4 Å². The number of ether oxygens (including phenoxy) is 1. The Morgan fingerprint density at radius 3 is 2.68 bits per heavy atom. The lowest BCUT2D eigenvalue weighted by Gasteiger charge is -2.14. The molecule has 0 spiro atoms. The summed E-state index contributed by atoms with van der Waals surface area (Å²) >= 11 is 0. The Balaban J connectivity index is 2.23. The van der Waals surface area contributed by atoms with E-state index in [0.717, 1.165) is 6.07 Å². The molecule has 19 heavy (non-hydrogen) atoms. The average molecular weight is 272 g/mol. The molecule has 0 aliphatic rings. The maximum absolute atomic E-state index is 12.8. The number of nitrogens with zero attached hydrogens (tertiary/aromatic N) is 3. The van der Waals surface area contributed by atoms with Gasteiger partial charge in [0.2, 0.25) is 0 Å². The summed E-state index contributed by atoms with van der Waals surface area (Å²) in [6, 6.07) is 3.38. The lowest BCUT2D eigenvalue weighted by Crippen LogP contribution is -2.11. The highest BCUT2D eigenvalue weighted by Crippen LogP contribution is 2.37. The SMILES string of the molecule is Cn1ncnc1COc1ccc(N)cc1C(F)(F)F. The molecule has 0 saturated carbocycles. The third kappa shape index (κ3) is 2.95. The third-order valence-corrected chi connectivity index (χ3v) is 2.47. The summed E-state index contributed by atoms with van der Waals surface area (Å²) in [6.07, 6.45) is -3.23. The quantitative estimate of drug-likeness (QED) is 0.868. The van der Waals surface area contributed by atoms with Crippen molar-refractivity contribution in [3.05, 3.63) is 35.9 Å². The van der Waals surface area contributed by atoms with Crippen molar-refractivity contribution in [2.45, 2.75) is 12.8 Å². The van der Waals surface area contributed by atoms with Crippen LogP contribution in [0.15, 0.2) is 24.5 Å². The van der Waals surface area contributed by atoms with Crippen LogP contribution < -0.4 is 10.5 Å². The lowest BCUT2D eigenvalue weighted by molar-refractivity contribution is -0.139. The normalized spacial score (nSPS) is 11.6. The second-order valence-corrected chi connectivity index (χ2v) is 3.84. The van der Waals surface area contributed by atoms with E-state index >= 15 is 0 Å². The van der Waals surface area contributed by atoms with Crippen molar-refractivity contribution in [1.82, 2.24) is 14.8 Å². The molecule has 8 heteroatoms. The van der Waals surface area contributed by atoms with Gasteiger partial charge >= 0.3 is 6.18 Å². The number of hydrogen-bond donors (Lipinski definition) is 1. The molecule has 0 amide bonds. The molecule has 0 aliphatic heterocycles. The van der Waals surface area contributed by atoms with Gasteiger partial charge < -0.3 is 10.5 Å². The summed E-state index contributed by atoms with van der Waals surface area (Å²) in [5.41, 5.74) is 4.48. The minimum absolute atomic E-state index is 0.0262. The number of aromatic nitrogens is 3. The Morgan fingerprint density at radius 2 is 2.11 bits per heavy atom. The van der Waals surface area contributed by atoms with Gasteiger partial charge in [-0.15, -0.1) is 0 Å². The summed E-state index contributed by atoms with van der Waals surface area (Å²) in [6.45, 7) is -0.108. The molecule has 2 aromatic rings. The van der Waals surface area contributed by atoms with Crippen molar-refractivity contribution in [2.24, 2.45) is 7.05 Å². The summed E-state index contributed by atoms with van der Waals surface area (Å²) in [4.78, 5) is 3.86. The van der Waals surface area contributed by atoms with Gasteiger partial charge in [0.1, 0.15) is 18.7 Å². The van der Waals surface area contributed by atoms with Crippen LogP contribution in [0.25, 0.3) is 0 Å². The van der Waals surface area contributed by atoms with Gasteiger partial charge in [-0.2, -0.15) is 18.3 Å². The van der Waals surface area contributed by atoms with E-state index in [4.69, 9.17) is 10.5 Å². The molecule has 1 aromatic heterocycles. The van der Waals surface area contributed by atoms with E-state index in [2.05, 4.69) is 10.1 Å². The van der Waals surface area contributed by atoms with Crippen LogP contribution in [0.4, 0.5) is 18.9 Å². The number of nitrogens with two attached hydrogens (primary N) is 1. The first-order chi connectivity index (χ1) is 8.88. The average Bonchev–Trinajstić information content (AvgIpc) is 2.72. The number of hydrogen-bond acceptors (Lipinski definition) is 4. The minimum atomic E-state index is -4.52. The van der Waals surface area contributed by atoms with Gasteiger partial charge in [0.25, 0.3) is 0 Å². The Hall–Kier alpha value is -2.25. The highest BCUT2D eigenvalue weighted by Gasteiger charge is 2.34. The fourth-order valence-corrected chi connectivity index (χ4v) is 1.49. The van der Waals surface area contributed by atoms with E-state index in [1.54, 1.807) is 7.05 Å². The van der Waals surface area contributed by atoms with Crippen molar-refractivity contribution < 1.29 is 17.9 Å². The molecule has 0 fully saturated rings.